The molecule has 2 aromatic rings. The van der Waals surface area contributed by atoms with Crippen molar-refractivity contribution in [2.24, 2.45) is 0 Å². The number of nitrogens with one attached hydrogen (secondary N) is 1. The zero-order valence-corrected chi connectivity index (χ0v) is 25.2. The van der Waals surface area contributed by atoms with Gasteiger partial charge >= 0.3 is 0 Å². The number of likely N-dealkylation sites (tertiary alicyclic amines) is 1. The van der Waals surface area contributed by atoms with Gasteiger partial charge in [0.05, 0.1) is 18.4 Å². The van der Waals surface area contributed by atoms with Crippen molar-refractivity contribution in [1.29, 1.82) is 0 Å². The van der Waals surface area contributed by atoms with Gasteiger partial charge < -0.3 is 31.1 Å². The lowest BCUT2D eigenvalue weighted by Gasteiger charge is -2.47. The van der Waals surface area contributed by atoms with Crippen LogP contribution in [0, 0.1) is 11.6 Å². The number of aliphatic hydroxyl groups is 2. The Balaban J connectivity index is 1.20. The number of nitrogens with two attached hydrogens (primary N) is 1. The highest BCUT2D eigenvalue weighted by Gasteiger charge is 2.35. The summed E-state index contributed by atoms with van der Waals surface area (Å²) in [4.78, 5) is 29.6. The van der Waals surface area contributed by atoms with Crippen molar-refractivity contribution >= 4 is 34.8 Å². The second kappa shape index (κ2) is 13.9. The number of nitrogens with zero attached hydrogens (tertiary/aromatic N) is 6. The van der Waals surface area contributed by atoms with Gasteiger partial charge in [-0.25, -0.2) is 18.7 Å². The van der Waals surface area contributed by atoms with Crippen LogP contribution in [0.3, 0.4) is 0 Å². The van der Waals surface area contributed by atoms with Crippen molar-refractivity contribution in [3.05, 3.63) is 40.2 Å². The number of anilines is 3. The molecule has 5 rings (SSSR count). The Bertz CT molecular complexity index is 1300. The van der Waals surface area contributed by atoms with Crippen LogP contribution < -0.4 is 20.9 Å². The van der Waals surface area contributed by atoms with Gasteiger partial charge in [-0.15, -0.1) is 0 Å². The number of amides is 1. The standard InChI is InChI=1S/C29H41ClF2N8O3/c1-2-19-16-39(28-26(30)35-24(27(33)36-28)29(43)34-8-14-41)12-13-40(19)20-5-9-37(10-6-20)15-18-3-4-22(31)23(32)25(18)38-11-7-21(42)17-38/h3-4,19-21,41-42H,2,5-17H2,1H3,(H2,33,36)(H,34,43)/t19-,21+/m0/s1. The highest BCUT2D eigenvalue weighted by Crippen LogP contribution is 2.33. The number of piperazine rings is 1. The second-order valence-corrected chi connectivity index (χ2v) is 11.9. The van der Waals surface area contributed by atoms with Gasteiger partial charge in [0.1, 0.15) is 0 Å². The number of hydrogen-bond acceptors (Lipinski definition) is 10. The normalized spacial score (nSPS) is 22.4. The first kappa shape index (κ1) is 31.6. The molecule has 3 saturated heterocycles. The molecule has 3 aliphatic rings. The summed E-state index contributed by atoms with van der Waals surface area (Å²) in [5.74, 6) is -1.79. The van der Waals surface area contributed by atoms with Crippen LogP contribution in [0.15, 0.2) is 12.1 Å². The summed E-state index contributed by atoms with van der Waals surface area (Å²) in [7, 11) is 0. The van der Waals surface area contributed by atoms with Gasteiger partial charge in [-0.2, -0.15) is 0 Å². The molecule has 4 heterocycles. The third-order valence-corrected chi connectivity index (χ3v) is 9.08. The average Bonchev–Trinajstić information content (AvgIpc) is 3.44. The molecule has 3 aliphatic heterocycles. The Labute approximate surface area is 255 Å². The van der Waals surface area contributed by atoms with E-state index in [1.165, 1.54) is 6.07 Å². The first-order valence-corrected chi connectivity index (χ1v) is 15.4. The average molecular weight is 623 g/mol. The van der Waals surface area contributed by atoms with Crippen LogP contribution in [0.1, 0.15) is 48.7 Å². The fourth-order valence-corrected chi connectivity index (χ4v) is 6.84. The van der Waals surface area contributed by atoms with Crippen LogP contribution in [0.5, 0.6) is 0 Å². The Kier molecular flexibility index (Phi) is 10.2. The van der Waals surface area contributed by atoms with E-state index in [2.05, 4.69) is 36.9 Å². The van der Waals surface area contributed by atoms with E-state index in [0.29, 0.717) is 51.0 Å². The van der Waals surface area contributed by atoms with E-state index in [-0.39, 0.29) is 41.5 Å². The van der Waals surface area contributed by atoms with E-state index in [4.69, 9.17) is 22.4 Å². The van der Waals surface area contributed by atoms with Crippen molar-refractivity contribution < 1.29 is 23.8 Å². The van der Waals surface area contributed by atoms with E-state index >= 15 is 0 Å². The van der Waals surface area contributed by atoms with E-state index in [1.54, 1.807) is 11.0 Å². The molecular weight excluding hydrogens is 582 g/mol. The van der Waals surface area contributed by atoms with Crippen LogP contribution in [0.25, 0.3) is 0 Å². The second-order valence-electron chi connectivity index (χ2n) is 11.6. The maximum atomic E-state index is 14.9. The SMILES string of the molecule is CC[C@H]1CN(c2nc(N)c(C(=O)NCCO)nc2Cl)CCN1C1CCN(Cc2ccc(F)c(F)c2N2CC[C@@H](O)C2)CC1. The van der Waals surface area contributed by atoms with Crippen molar-refractivity contribution in [2.45, 2.75) is 57.3 Å². The molecule has 2 atom stereocenters. The first-order valence-electron chi connectivity index (χ1n) is 15.0. The number of benzene rings is 1. The summed E-state index contributed by atoms with van der Waals surface area (Å²) in [5, 5.41) is 21.6. The summed E-state index contributed by atoms with van der Waals surface area (Å²) in [6, 6.07) is 3.52. The van der Waals surface area contributed by atoms with Crippen LogP contribution in [-0.2, 0) is 6.54 Å². The molecule has 5 N–H and O–H groups in total. The first-order chi connectivity index (χ1) is 20.7. The van der Waals surface area contributed by atoms with Gasteiger partial charge in [0.25, 0.3) is 5.91 Å². The number of piperidine rings is 1. The molecule has 14 heteroatoms. The molecule has 1 aromatic carbocycles. The summed E-state index contributed by atoms with van der Waals surface area (Å²) in [6.45, 7) is 7.26. The van der Waals surface area contributed by atoms with Crippen LogP contribution in [0.2, 0.25) is 5.15 Å². The van der Waals surface area contributed by atoms with Gasteiger partial charge in [-0.1, -0.05) is 24.6 Å². The number of hydrogen-bond donors (Lipinski definition) is 4. The minimum atomic E-state index is -0.863. The molecule has 0 unspecified atom stereocenters. The van der Waals surface area contributed by atoms with Crippen molar-refractivity contribution in [3.63, 3.8) is 0 Å². The Morgan fingerprint density at radius 2 is 1.86 bits per heavy atom. The molecule has 0 aliphatic carbocycles. The summed E-state index contributed by atoms with van der Waals surface area (Å²) < 4.78 is 29.1. The Morgan fingerprint density at radius 1 is 1.09 bits per heavy atom. The smallest absolute Gasteiger partial charge is 0.273 e. The number of carbonyl (C=O) groups is 1. The Hall–Kier alpha value is -2.84. The number of β-amino-alcohol motifs (C(OH)–C–C–N with tert-alkyl or cyclic N) is 1. The van der Waals surface area contributed by atoms with Gasteiger partial charge in [0.15, 0.2) is 34.1 Å². The molecule has 0 spiro atoms. The minimum absolute atomic E-state index is 0.0113. The molecule has 0 saturated carbocycles. The lowest BCUT2D eigenvalue weighted by Crippen LogP contribution is -2.58. The fourth-order valence-electron chi connectivity index (χ4n) is 6.59. The van der Waals surface area contributed by atoms with E-state index in [0.717, 1.165) is 44.5 Å². The summed E-state index contributed by atoms with van der Waals surface area (Å²) in [5.41, 5.74) is 7.03. The summed E-state index contributed by atoms with van der Waals surface area (Å²) >= 11 is 6.47. The minimum Gasteiger partial charge on any atom is -0.395 e. The third kappa shape index (κ3) is 6.96. The van der Waals surface area contributed by atoms with Crippen LogP contribution >= 0.6 is 11.6 Å². The maximum absolute atomic E-state index is 14.9. The predicted molar refractivity (Wildman–Crippen MR) is 161 cm³/mol. The molecule has 1 amide bonds. The monoisotopic (exact) mass is 622 g/mol. The van der Waals surface area contributed by atoms with E-state index in [9.17, 15) is 18.7 Å². The molecular formula is C29H41ClF2N8O3. The van der Waals surface area contributed by atoms with E-state index < -0.39 is 23.6 Å². The van der Waals surface area contributed by atoms with Crippen LogP contribution in [-0.4, -0.2) is 113 Å². The van der Waals surface area contributed by atoms with Gasteiger partial charge in [0.2, 0.25) is 0 Å². The zero-order chi connectivity index (χ0) is 30.7. The number of halogens is 3. The number of carbonyl (C=O) groups excluding carboxylic acids is 1. The van der Waals surface area contributed by atoms with E-state index in [1.807, 2.05) is 0 Å². The van der Waals surface area contributed by atoms with Crippen molar-refractivity contribution in [1.82, 2.24) is 25.1 Å². The number of aromatic nitrogens is 2. The van der Waals surface area contributed by atoms with Crippen LogP contribution in [0.4, 0.5) is 26.1 Å². The highest BCUT2D eigenvalue weighted by atomic mass is 35.5. The molecule has 11 nitrogen and oxygen atoms in total. The highest BCUT2D eigenvalue weighted by molar-refractivity contribution is 6.32. The quantitative estimate of drug-likeness (QED) is 0.328. The molecule has 236 valence electrons. The van der Waals surface area contributed by atoms with Crippen molar-refractivity contribution in [3.8, 4) is 0 Å². The lowest BCUT2D eigenvalue weighted by atomic mass is 9.97. The number of aliphatic hydroxyl groups excluding tert-OH is 2. The third-order valence-electron chi connectivity index (χ3n) is 8.83. The summed E-state index contributed by atoms with van der Waals surface area (Å²) in [6.07, 6.45) is 2.87. The molecule has 0 bridgehead atoms. The molecule has 1 aromatic heterocycles. The van der Waals surface area contributed by atoms with Gasteiger partial charge in [-0.3, -0.25) is 14.6 Å². The van der Waals surface area contributed by atoms with Crippen molar-refractivity contribution in [2.75, 3.05) is 74.5 Å². The lowest BCUT2D eigenvalue weighted by molar-refractivity contribution is 0.0610. The molecule has 3 fully saturated rings. The molecule has 43 heavy (non-hydrogen) atoms. The number of nitrogen functional groups attached to an aromatic ring is 1. The maximum Gasteiger partial charge on any atom is 0.273 e. The largest absolute Gasteiger partial charge is 0.395 e. The Morgan fingerprint density at radius 3 is 2.53 bits per heavy atom. The molecule has 0 radical (unpaired) electrons. The predicted octanol–water partition coefficient (Wildman–Crippen LogP) is 1.85. The topological polar surface area (TPSA) is 134 Å². The zero-order valence-electron chi connectivity index (χ0n) is 24.5. The number of rotatable bonds is 9. The van der Waals surface area contributed by atoms with Gasteiger partial charge in [-0.05, 0) is 50.4 Å². The fraction of sp³-hybridized carbons (Fsp3) is 0.621. The van der Waals surface area contributed by atoms with Gasteiger partial charge in [0, 0.05) is 57.9 Å².